The number of esters is 1. The van der Waals surface area contributed by atoms with Crippen LogP contribution in [0.4, 0.5) is 13.2 Å². The molecule has 5 nitrogen and oxygen atoms in total. The number of ether oxygens (including phenoxy) is 2. The molecular weight excluding hydrogens is 315 g/mol. The quantitative estimate of drug-likeness (QED) is 0.813. The van der Waals surface area contributed by atoms with E-state index in [0.717, 1.165) is 36.1 Å². The fourth-order valence-electron chi connectivity index (χ4n) is 1.98. The number of alkyl halides is 3. The predicted octanol–water partition coefficient (Wildman–Crippen LogP) is 2.65. The molecule has 0 radical (unpaired) electrons. The average Bonchev–Trinajstić information content (AvgIpc) is 2.53. The summed E-state index contributed by atoms with van der Waals surface area (Å²) in [5.41, 5.74) is -1.66. The van der Waals surface area contributed by atoms with Crippen molar-refractivity contribution in [1.29, 1.82) is 0 Å². The van der Waals surface area contributed by atoms with Crippen molar-refractivity contribution in [2.24, 2.45) is 0 Å². The van der Waals surface area contributed by atoms with Crippen LogP contribution in [0.25, 0.3) is 5.69 Å². The summed E-state index contributed by atoms with van der Waals surface area (Å²) in [6.07, 6.45) is -3.46. The van der Waals surface area contributed by atoms with Crippen molar-refractivity contribution < 1.29 is 27.4 Å². The van der Waals surface area contributed by atoms with Crippen molar-refractivity contribution in [1.82, 2.24) is 4.57 Å². The van der Waals surface area contributed by atoms with Crippen LogP contribution in [0, 0.1) is 0 Å². The summed E-state index contributed by atoms with van der Waals surface area (Å²) >= 11 is 0. The molecular formula is C15H12F3NO4. The highest BCUT2D eigenvalue weighted by Gasteiger charge is 2.30. The molecule has 23 heavy (non-hydrogen) atoms. The maximum absolute atomic E-state index is 12.8. The summed E-state index contributed by atoms with van der Waals surface area (Å²) in [6.45, 7) is 0. The van der Waals surface area contributed by atoms with Gasteiger partial charge in [0.05, 0.1) is 19.8 Å². The van der Waals surface area contributed by atoms with Crippen molar-refractivity contribution in [2.75, 3.05) is 14.2 Å². The van der Waals surface area contributed by atoms with E-state index in [0.29, 0.717) is 0 Å². The minimum absolute atomic E-state index is 0.0231. The van der Waals surface area contributed by atoms with Gasteiger partial charge in [-0.3, -0.25) is 9.36 Å². The van der Waals surface area contributed by atoms with Crippen molar-refractivity contribution in [2.45, 2.75) is 6.18 Å². The molecule has 0 bridgehead atoms. The SMILES string of the molecule is COC(=O)c1cn(-c2cccc(C(F)(F)F)c2)c(=O)cc1OC. The van der Waals surface area contributed by atoms with Gasteiger partial charge in [0, 0.05) is 18.0 Å². The number of carbonyl (C=O) groups excluding carboxylic acids is 1. The third-order valence-electron chi connectivity index (χ3n) is 3.09. The Balaban J connectivity index is 2.65. The number of benzene rings is 1. The van der Waals surface area contributed by atoms with Crippen LogP contribution in [0.2, 0.25) is 0 Å². The molecule has 0 atom stereocenters. The van der Waals surface area contributed by atoms with Gasteiger partial charge in [0.25, 0.3) is 5.56 Å². The van der Waals surface area contributed by atoms with Gasteiger partial charge in [-0.1, -0.05) is 6.07 Å². The lowest BCUT2D eigenvalue weighted by atomic mass is 10.2. The van der Waals surface area contributed by atoms with Crippen LogP contribution in [-0.2, 0) is 10.9 Å². The summed E-state index contributed by atoms with van der Waals surface area (Å²) in [5, 5.41) is 0. The monoisotopic (exact) mass is 327 g/mol. The number of hydrogen-bond donors (Lipinski definition) is 0. The molecule has 8 heteroatoms. The first kappa shape index (κ1) is 16.6. The van der Waals surface area contributed by atoms with E-state index in [1.165, 1.54) is 19.2 Å². The molecule has 0 saturated heterocycles. The number of aromatic nitrogens is 1. The first-order chi connectivity index (χ1) is 10.8. The lowest BCUT2D eigenvalue weighted by Crippen LogP contribution is -2.20. The van der Waals surface area contributed by atoms with Gasteiger partial charge in [-0.25, -0.2) is 4.79 Å². The molecule has 2 aromatic rings. The molecule has 0 aliphatic rings. The maximum Gasteiger partial charge on any atom is 0.416 e. The minimum Gasteiger partial charge on any atom is -0.496 e. The van der Waals surface area contributed by atoms with Gasteiger partial charge >= 0.3 is 12.1 Å². The average molecular weight is 327 g/mol. The lowest BCUT2D eigenvalue weighted by molar-refractivity contribution is -0.137. The van der Waals surface area contributed by atoms with Gasteiger partial charge in [-0.15, -0.1) is 0 Å². The van der Waals surface area contributed by atoms with E-state index in [9.17, 15) is 22.8 Å². The van der Waals surface area contributed by atoms with Gasteiger partial charge in [-0.05, 0) is 18.2 Å². The van der Waals surface area contributed by atoms with E-state index >= 15 is 0 Å². The van der Waals surface area contributed by atoms with Crippen LogP contribution < -0.4 is 10.3 Å². The highest BCUT2D eigenvalue weighted by molar-refractivity contribution is 5.92. The summed E-state index contributed by atoms with van der Waals surface area (Å²) < 4.78 is 48.8. The molecule has 1 aromatic heterocycles. The van der Waals surface area contributed by atoms with Gasteiger partial charge in [0.1, 0.15) is 11.3 Å². The van der Waals surface area contributed by atoms with Crippen LogP contribution in [0.5, 0.6) is 5.75 Å². The van der Waals surface area contributed by atoms with E-state index in [1.807, 2.05) is 0 Å². The van der Waals surface area contributed by atoms with Crippen LogP contribution in [0.1, 0.15) is 15.9 Å². The van der Waals surface area contributed by atoms with Crippen LogP contribution in [0.15, 0.2) is 41.3 Å². The van der Waals surface area contributed by atoms with Crippen molar-refractivity contribution >= 4 is 5.97 Å². The van der Waals surface area contributed by atoms with Crippen molar-refractivity contribution in [3.8, 4) is 11.4 Å². The number of pyridine rings is 1. The molecule has 0 amide bonds. The van der Waals surface area contributed by atoms with E-state index in [4.69, 9.17) is 4.74 Å². The molecule has 1 aromatic carbocycles. The van der Waals surface area contributed by atoms with E-state index in [2.05, 4.69) is 4.74 Å². The lowest BCUT2D eigenvalue weighted by Gasteiger charge is -2.13. The van der Waals surface area contributed by atoms with E-state index in [1.54, 1.807) is 0 Å². The van der Waals surface area contributed by atoms with Crippen LogP contribution in [0.3, 0.4) is 0 Å². The summed E-state index contributed by atoms with van der Waals surface area (Å²) in [4.78, 5) is 23.8. The molecule has 122 valence electrons. The molecule has 2 rings (SSSR count). The number of hydrogen-bond acceptors (Lipinski definition) is 4. The highest BCUT2D eigenvalue weighted by atomic mass is 19.4. The Morgan fingerprint density at radius 1 is 1.17 bits per heavy atom. The Morgan fingerprint density at radius 2 is 1.87 bits per heavy atom. The largest absolute Gasteiger partial charge is 0.496 e. The zero-order chi connectivity index (χ0) is 17.2. The summed E-state index contributed by atoms with van der Waals surface area (Å²) in [5.74, 6) is -0.798. The Bertz CT molecular complexity index is 796. The summed E-state index contributed by atoms with van der Waals surface area (Å²) in [7, 11) is 2.40. The van der Waals surface area contributed by atoms with E-state index in [-0.39, 0.29) is 17.0 Å². The predicted molar refractivity (Wildman–Crippen MR) is 74.9 cm³/mol. The second kappa shape index (κ2) is 6.15. The fourth-order valence-corrected chi connectivity index (χ4v) is 1.98. The topological polar surface area (TPSA) is 57.5 Å². The molecule has 0 saturated carbocycles. The first-order valence-corrected chi connectivity index (χ1v) is 6.34. The van der Waals surface area contributed by atoms with Gasteiger partial charge in [-0.2, -0.15) is 13.2 Å². The molecule has 0 fully saturated rings. The number of nitrogens with zero attached hydrogens (tertiary/aromatic N) is 1. The minimum atomic E-state index is -4.54. The first-order valence-electron chi connectivity index (χ1n) is 6.34. The standard InChI is InChI=1S/C15H12F3NO4/c1-22-12-7-13(20)19(8-11(12)14(21)23-2)10-5-3-4-9(6-10)15(16,17)18/h3-8H,1-2H3. The Hall–Kier alpha value is -2.77. The summed E-state index contributed by atoms with van der Waals surface area (Å²) in [6, 6.07) is 5.21. The second-order valence-electron chi connectivity index (χ2n) is 4.50. The molecule has 0 aliphatic carbocycles. The van der Waals surface area contributed by atoms with Gasteiger partial charge < -0.3 is 9.47 Å². The molecule has 1 heterocycles. The van der Waals surface area contributed by atoms with E-state index < -0.39 is 23.3 Å². The van der Waals surface area contributed by atoms with Crippen molar-refractivity contribution in [3.63, 3.8) is 0 Å². The number of rotatable bonds is 3. The normalized spacial score (nSPS) is 11.2. The number of halogens is 3. The second-order valence-corrected chi connectivity index (χ2v) is 4.50. The fraction of sp³-hybridized carbons (Fsp3) is 0.200. The molecule has 0 unspecified atom stereocenters. The molecule has 0 N–H and O–H groups in total. The number of methoxy groups -OCH3 is 2. The van der Waals surface area contributed by atoms with Crippen LogP contribution >= 0.6 is 0 Å². The molecule has 0 aliphatic heterocycles. The Kier molecular flexibility index (Phi) is 4.44. The third kappa shape index (κ3) is 3.36. The van der Waals surface area contributed by atoms with Crippen molar-refractivity contribution in [3.05, 3.63) is 58.0 Å². The number of carbonyl (C=O) groups is 1. The third-order valence-corrected chi connectivity index (χ3v) is 3.09. The smallest absolute Gasteiger partial charge is 0.416 e. The zero-order valence-electron chi connectivity index (χ0n) is 12.2. The van der Waals surface area contributed by atoms with Gasteiger partial charge in [0.2, 0.25) is 0 Å². The molecule has 0 spiro atoms. The zero-order valence-corrected chi connectivity index (χ0v) is 12.2. The maximum atomic E-state index is 12.8. The highest BCUT2D eigenvalue weighted by Crippen LogP contribution is 2.30. The Morgan fingerprint density at radius 3 is 2.43 bits per heavy atom. The van der Waals surface area contributed by atoms with Gasteiger partial charge in [0.15, 0.2) is 0 Å². The Labute approximate surface area is 128 Å². The van der Waals surface area contributed by atoms with Crippen LogP contribution in [-0.4, -0.2) is 24.8 Å².